The lowest BCUT2D eigenvalue weighted by atomic mass is 10.4. The molecule has 0 aromatic heterocycles. The van der Waals surface area contributed by atoms with Crippen LogP contribution in [0.5, 0.6) is 0 Å². The maximum absolute atomic E-state index is 8.92. The van der Waals surface area contributed by atoms with E-state index in [0.717, 1.165) is 19.7 Å². The van der Waals surface area contributed by atoms with E-state index in [1.807, 2.05) is 0 Å². The predicted octanol–water partition coefficient (Wildman–Crippen LogP) is -0.343. The van der Waals surface area contributed by atoms with Crippen LogP contribution in [0.15, 0.2) is 0 Å². The summed E-state index contributed by atoms with van der Waals surface area (Å²) in [7, 11) is 0. The van der Waals surface area contributed by atoms with E-state index in [9.17, 15) is 0 Å². The van der Waals surface area contributed by atoms with E-state index in [4.69, 9.17) is 9.84 Å². The zero-order valence-corrected chi connectivity index (χ0v) is 5.71. The van der Waals surface area contributed by atoms with Crippen molar-refractivity contribution in [1.82, 2.24) is 4.90 Å². The van der Waals surface area contributed by atoms with Gasteiger partial charge in [-0.15, -0.1) is 0 Å². The standard InChI is InChI=1S/C6H13NO2/c1-6(8)4-7-2-3-9-5-7/h6,8H,2-5H2,1H3/t6-/m0/s1. The number of rotatable bonds is 2. The van der Waals surface area contributed by atoms with Crippen LogP contribution in [0.3, 0.4) is 0 Å². The first kappa shape index (κ1) is 6.99. The van der Waals surface area contributed by atoms with Crippen LogP contribution in [-0.2, 0) is 4.74 Å². The highest BCUT2D eigenvalue weighted by Gasteiger charge is 2.12. The molecule has 0 radical (unpaired) electrons. The Morgan fingerprint density at radius 3 is 3.00 bits per heavy atom. The van der Waals surface area contributed by atoms with Crippen molar-refractivity contribution in [3.63, 3.8) is 0 Å². The van der Waals surface area contributed by atoms with Crippen LogP contribution in [0.1, 0.15) is 6.92 Å². The molecule has 1 atom stereocenters. The summed E-state index contributed by atoms with van der Waals surface area (Å²) in [5.74, 6) is 0. The van der Waals surface area contributed by atoms with Gasteiger partial charge in [-0.3, -0.25) is 4.90 Å². The number of hydrogen-bond donors (Lipinski definition) is 1. The van der Waals surface area contributed by atoms with Crippen LogP contribution in [0.4, 0.5) is 0 Å². The highest BCUT2D eigenvalue weighted by molar-refractivity contribution is 4.61. The third kappa shape index (κ3) is 2.30. The molecule has 1 saturated heterocycles. The molecule has 1 heterocycles. The van der Waals surface area contributed by atoms with Crippen molar-refractivity contribution in [2.24, 2.45) is 0 Å². The Morgan fingerprint density at radius 2 is 2.56 bits per heavy atom. The second kappa shape index (κ2) is 3.15. The number of β-amino-alcohol motifs (C(OH)–C–C–N with tert-alkyl or cyclic N) is 1. The minimum absolute atomic E-state index is 0.230. The van der Waals surface area contributed by atoms with E-state index >= 15 is 0 Å². The van der Waals surface area contributed by atoms with Gasteiger partial charge in [0.25, 0.3) is 0 Å². The average molecular weight is 131 g/mol. The molecule has 1 rings (SSSR count). The van der Waals surface area contributed by atoms with E-state index in [1.165, 1.54) is 0 Å². The zero-order valence-electron chi connectivity index (χ0n) is 5.71. The Labute approximate surface area is 55.2 Å². The van der Waals surface area contributed by atoms with E-state index < -0.39 is 0 Å². The van der Waals surface area contributed by atoms with Crippen LogP contribution in [0, 0.1) is 0 Å². The van der Waals surface area contributed by atoms with E-state index in [-0.39, 0.29) is 6.10 Å². The van der Waals surface area contributed by atoms with Crippen molar-refractivity contribution in [1.29, 1.82) is 0 Å². The molecule has 9 heavy (non-hydrogen) atoms. The first-order valence-corrected chi connectivity index (χ1v) is 3.27. The number of aliphatic hydroxyl groups excluding tert-OH is 1. The predicted molar refractivity (Wildman–Crippen MR) is 34.1 cm³/mol. The molecule has 0 aromatic carbocycles. The Kier molecular flexibility index (Phi) is 2.45. The summed E-state index contributed by atoms with van der Waals surface area (Å²) in [6.45, 7) is 4.99. The van der Waals surface area contributed by atoms with Gasteiger partial charge >= 0.3 is 0 Å². The Bertz CT molecular complexity index is 79.1. The van der Waals surface area contributed by atoms with Gasteiger partial charge in [-0.05, 0) is 6.92 Å². The van der Waals surface area contributed by atoms with Crippen LogP contribution in [0.25, 0.3) is 0 Å². The number of ether oxygens (including phenoxy) is 1. The topological polar surface area (TPSA) is 32.7 Å². The van der Waals surface area contributed by atoms with Crippen molar-refractivity contribution in [2.45, 2.75) is 13.0 Å². The van der Waals surface area contributed by atoms with Crippen molar-refractivity contribution >= 4 is 0 Å². The van der Waals surface area contributed by atoms with Gasteiger partial charge in [-0.1, -0.05) is 0 Å². The van der Waals surface area contributed by atoms with Crippen LogP contribution < -0.4 is 0 Å². The van der Waals surface area contributed by atoms with Crippen LogP contribution >= 0.6 is 0 Å². The second-order valence-corrected chi connectivity index (χ2v) is 2.46. The second-order valence-electron chi connectivity index (χ2n) is 2.46. The zero-order chi connectivity index (χ0) is 6.69. The van der Waals surface area contributed by atoms with E-state index in [1.54, 1.807) is 6.92 Å². The molecule has 0 spiro atoms. The first-order chi connectivity index (χ1) is 4.29. The average Bonchev–Trinajstić information content (AvgIpc) is 2.15. The lowest BCUT2D eigenvalue weighted by Crippen LogP contribution is -2.28. The number of hydrogen-bond acceptors (Lipinski definition) is 3. The van der Waals surface area contributed by atoms with Gasteiger partial charge in [-0.2, -0.15) is 0 Å². The van der Waals surface area contributed by atoms with E-state index in [2.05, 4.69) is 4.90 Å². The molecule has 1 fully saturated rings. The highest BCUT2D eigenvalue weighted by Crippen LogP contribution is 1.98. The summed E-state index contributed by atoms with van der Waals surface area (Å²) in [5.41, 5.74) is 0. The Morgan fingerprint density at radius 1 is 1.78 bits per heavy atom. The molecule has 3 nitrogen and oxygen atoms in total. The molecule has 54 valence electrons. The monoisotopic (exact) mass is 131 g/mol. The lowest BCUT2D eigenvalue weighted by molar-refractivity contribution is 0.0956. The fourth-order valence-electron chi connectivity index (χ4n) is 0.970. The van der Waals surface area contributed by atoms with Crippen molar-refractivity contribution in [3.8, 4) is 0 Å². The smallest absolute Gasteiger partial charge is 0.0992 e. The molecule has 0 bridgehead atoms. The normalized spacial score (nSPS) is 24.7. The maximum atomic E-state index is 8.92. The number of aliphatic hydroxyl groups is 1. The molecule has 0 unspecified atom stereocenters. The minimum Gasteiger partial charge on any atom is -0.392 e. The summed E-state index contributed by atoms with van der Waals surface area (Å²) in [4.78, 5) is 2.09. The highest BCUT2D eigenvalue weighted by atomic mass is 16.5. The van der Waals surface area contributed by atoms with Crippen molar-refractivity contribution in [2.75, 3.05) is 26.4 Å². The molecule has 3 heteroatoms. The van der Waals surface area contributed by atoms with E-state index in [0.29, 0.717) is 6.73 Å². The van der Waals surface area contributed by atoms with Gasteiger partial charge in [0.15, 0.2) is 0 Å². The van der Waals surface area contributed by atoms with Gasteiger partial charge in [0.05, 0.1) is 19.4 Å². The third-order valence-electron chi connectivity index (χ3n) is 1.35. The van der Waals surface area contributed by atoms with Gasteiger partial charge in [0, 0.05) is 13.1 Å². The summed E-state index contributed by atoms with van der Waals surface area (Å²) in [6, 6.07) is 0. The first-order valence-electron chi connectivity index (χ1n) is 3.27. The Balaban J connectivity index is 2.11. The Hall–Kier alpha value is -0.120. The quantitative estimate of drug-likeness (QED) is 0.556. The molecule has 0 saturated carbocycles. The molecule has 1 aliphatic heterocycles. The summed E-state index contributed by atoms with van der Waals surface area (Å²) in [6.07, 6.45) is -0.230. The molecule has 1 N–H and O–H groups in total. The van der Waals surface area contributed by atoms with Gasteiger partial charge in [-0.25, -0.2) is 0 Å². The molecular weight excluding hydrogens is 118 g/mol. The minimum atomic E-state index is -0.230. The summed E-state index contributed by atoms with van der Waals surface area (Å²) in [5, 5.41) is 8.92. The fourth-order valence-corrected chi connectivity index (χ4v) is 0.970. The fraction of sp³-hybridized carbons (Fsp3) is 1.00. The third-order valence-corrected chi connectivity index (χ3v) is 1.35. The van der Waals surface area contributed by atoms with Crippen LogP contribution in [0.2, 0.25) is 0 Å². The molecule has 1 aliphatic rings. The van der Waals surface area contributed by atoms with Gasteiger partial charge < -0.3 is 9.84 Å². The van der Waals surface area contributed by atoms with Crippen molar-refractivity contribution in [3.05, 3.63) is 0 Å². The molecule has 0 aliphatic carbocycles. The molecular formula is C6H13NO2. The lowest BCUT2D eigenvalue weighted by Gasteiger charge is -2.13. The SMILES string of the molecule is C[C@H](O)CN1CCOC1. The maximum Gasteiger partial charge on any atom is 0.0992 e. The van der Waals surface area contributed by atoms with Crippen molar-refractivity contribution < 1.29 is 9.84 Å². The summed E-state index contributed by atoms with van der Waals surface area (Å²) < 4.78 is 5.07. The summed E-state index contributed by atoms with van der Waals surface area (Å²) >= 11 is 0. The molecule has 0 aromatic rings. The van der Waals surface area contributed by atoms with Gasteiger partial charge in [0.1, 0.15) is 0 Å². The number of nitrogens with zero attached hydrogens (tertiary/aromatic N) is 1. The molecule has 0 amide bonds. The van der Waals surface area contributed by atoms with Crippen LogP contribution in [-0.4, -0.2) is 42.5 Å². The largest absolute Gasteiger partial charge is 0.392 e. The van der Waals surface area contributed by atoms with Gasteiger partial charge in [0.2, 0.25) is 0 Å².